The average molecular weight is 690 g/mol. The van der Waals surface area contributed by atoms with Crippen LogP contribution in [0.1, 0.15) is 0 Å². The van der Waals surface area contributed by atoms with Gasteiger partial charge in [-0.3, -0.25) is 0 Å². The van der Waals surface area contributed by atoms with Crippen LogP contribution in [0.3, 0.4) is 0 Å². The maximum absolute atomic E-state index is 5.18. The molecule has 2 heterocycles. The van der Waals surface area contributed by atoms with Crippen LogP contribution in [0.4, 0.5) is 0 Å². The van der Waals surface area contributed by atoms with Crippen molar-refractivity contribution < 1.29 is 0 Å². The summed E-state index contributed by atoms with van der Waals surface area (Å²) in [6, 6.07) is 74.0. The molecule has 7 aromatic carbocycles. The number of aromatic nitrogens is 3. The highest BCUT2D eigenvalue weighted by molar-refractivity contribution is 5.81. The van der Waals surface area contributed by atoms with E-state index in [0.29, 0.717) is 5.82 Å². The van der Waals surface area contributed by atoms with Crippen LogP contribution >= 0.6 is 0 Å². The van der Waals surface area contributed by atoms with Gasteiger partial charge in [0.25, 0.3) is 0 Å². The summed E-state index contributed by atoms with van der Waals surface area (Å²) >= 11 is 0. The zero-order chi connectivity index (χ0) is 36.1. The van der Waals surface area contributed by atoms with Crippen molar-refractivity contribution in [2.24, 2.45) is 0 Å². The first-order valence-corrected chi connectivity index (χ1v) is 18.2. The fraction of sp³-hybridized carbons (Fsp3) is 0. The van der Waals surface area contributed by atoms with Crippen LogP contribution in [-0.4, -0.2) is 15.0 Å². The predicted octanol–water partition coefficient (Wildman–Crippen LogP) is 13.2. The van der Waals surface area contributed by atoms with Crippen molar-refractivity contribution in [1.82, 2.24) is 15.0 Å². The molecule has 0 fully saturated rings. The lowest BCUT2D eigenvalue weighted by molar-refractivity contribution is 1.18. The maximum Gasteiger partial charge on any atom is 0.160 e. The SMILES string of the molecule is c1ccc(-c2cc(-c3ccccc3)nc(-c3cccc(-c4cccc(-c5cccc(-c6cc(-c7ccccc7)nc(-c7ccccc7)n6)c5)c4)c3)c2)cc1. The van der Waals surface area contributed by atoms with Crippen LogP contribution in [0, 0.1) is 0 Å². The summed E-state index contributed by atoms with van der Waals surface area (Å²) in [5.74, 6) is 0.707. The fourth-order valence-corrected chi connectivity index (χ4v) is 6.90. The number of benzene rings is 7. The highest BCUT2D eigenvalue weighted by Gasteiger charge is 2.13. The van der Waals surface area contributed by atoms with Crippen LogP contribution < -0.4 is 0 Å². The van der Waals surface area contributed by atoms with E-state index in [4.69, 9.17) is 15.0 Å². The number of nitrogens with zero attached hydrogens (tertiary/aromatic N) is 3. The van der Waals surface area contributed by atoms with Crippen molar-refractivity contribution in [3.8, 4) is 89.8 Å². The molecule has 0 saturated heterocycles. The van der Waals surface area contributed by atoms with Gasteiger partial charge in [0.15, 0.2) is 5.82 Å². The molecule has 0 aliphatic carbocycles. The minimum atomic E-state index is 0.707. The van der Waals surface area contributed by atoms with Gasteiger partial charge in [-0.05, 0) is 69.8 Å². The molecular formula is C51H35N3. The van der Waals surface area contributed by atoms with Crippen molar-refractivity contribution in [3.63, 3.8) is 0 Å². The minimum absolute atomic E-state index is 0.707. The summed E-state index contributed by atoms with van der Waals surface area (Å²) in [5.41, 5.74) is 15.8. The molecule has 0 N–H and O–H groups in total. The van der Waals surface area contributed by atoms with E-state index in [1.54, 1.807) is 0 Å². The van der Waals surface area contributed by atoms with Crippen LogP contribution in [0.5, 0.6) is 0 Å². The van der Waals surface area contributed by atoms with E-state index < -0.39 is 0 Å². The minimum Gasteiger partial charge on any atom is -0.248 e. The van der Waals surface area contributed by atoms with Gasteiger partial charge in [-0.15, -0.1) is 0 Å². The van der Waals surface area contributed by atoms with Gasteiger partial charge in [0.1, 0.15) is 0 Å². The first kappa shape index (κ1) is 32.7. The molecule has 0 aliphatic rings. The summed E-state index contributed by atoms with van der Waals surface area (Å²) in [6.07, 6.45) is 0. The Morgan fingerprint density at radius 3 is 0.963 bits per heavy atom. The number of rotatable bonds is 8. The van der Waals surface area contributed by atoms with Crippen LogP contribution in [0.25, 0.3) is 89.8 Å². The lowest BCUT2D eigenvalue weighted by Gasteiger charge is -2.12. The maximum atomic E-state index is 5.18. The van der Waals surface area contributed by atoms with Crippen molar-refractivity contribution >= 4 is 0 Å². The Balaban J connectivity index is 1.08. The van der Waals surface area contributed by atoms with E-state index in [1.165, 1.54) is 5.56 Å². The van der Waals surface area contributed by atoms with Gasteiger partial charge in [0, 0.05) is 27.8 Å². The van der Waals surface area contributed by atoms with Crippen LogP contribution in [0.15, 0.2) is 212 Å². The average Bonchev–Trinajstić information content (AvgIpc) is 3.27. The molecule has 0 atom stereocenters. The molecule has 0 saturated carbocycles. The highest BCUT2D eigenvalue weighted by atomic mass is 14.9. The van der Waals surface area contributed by atoms with Crippen LogP contribution in [0.2, 0.25) is 0 Å². The molecule has 0 radical (unpaired) electrons. The zero-order valence-electron chi connectivity index (χ0n) is 29.5. The summed E-state index contributed by atoms with van der Waals surface area (Å²) in [6.45, 7) is 0. The Bertz CT molecular complexity index is 2390. The Labute approximate surface area is 316 Å². The second-order valence-corrected chi connectivity index (χ2v) is 13.3. The van der Waals surface area contributed by atoms with Gasteiger partial charge in [-0.25, -0.2) is 15.0 Å². The highest BCUT2D eigenvalue weighted by Crippen LogP contribution is 2.35. The Hall–Kier alpha value is -7.23. The molecule has 0 amide bonds. The van der Waals surface area contributed by atoms with E-state index >= 15 is 0 Å². The topological polar surface area (TPSA) is 38.7 Å². The molecule has 0 bridgehead atoms. The van der Waals surface area contributed by atoms with Gasteiger partial charge in [0.2, 0.25) is 0 Å². The largest absolute Gasteiger partial charge is 0.248 e. The predicted molar refractivity (Wildman–Crippen MR) is 223 cm³/mol. The molecule has 2 aromatic heterocycles. The number of hydrogen-bond donors (Lipinski definition) is 0. The fourth-order valence-electron chi connectivity index (χ4n) is 6.90. The Kier molecular flexibility index (Phi) is 8.94. The second-order valence-electron chi connectivity index (χ2n) is 13.3. The molecular weight excluding hydrogens is 655 g/mol. The first-order valence-electron chi connectivity index (χ1n) is 18.2. The van der Waals surface area contributed by atoms with E-state index in [9.17, 15) is 0 Å². The van der Waals surface area contributed by atoms with Gasteiger partial charge in [-0.2, -0.15) is 0 Å². The lowest BCUT2D eigenvalue weighted by atomic mass is 9.95. The second kappa shape index (κ2) is 14.8. The van der Waals surface area contributed by atoms with E-state index in [-0.39, 0.29) is 0 Å². The molecule has 54 heavy (non-hydrogen) atoms. The van der Waals surface area contributed by atoms with Crippen molar-refractivity contribution in [2.75, 3.05) is 0 Å². The molecule has 0 unspecified atom stereocenters. The normalized spacial score (nSPS) is 11.0. The summed E-state index contributed by atoms with van der Waals surface area (Å²) in [7, 11) is 0. The third kappa shape index (κ3) is 6.99. The summed E-state index contributed by atoms with van der Waals surface area (Å²) in [5, 5.41) is 0. The molecule has 0 spiro atoms. The monoisotopic (exact) mass is 689 g/mol. The van der Waals surface area contributed by atoms with Crippen molar-refractivity contribution in [2.45, 2.75) is 0 Å². The summed E-state index contributed by atoms with van der Waals surface area (Å²) < 4.78 is 0. The zero-order valence-corrected chi connectivity index (χ0v) is 29.5. The van der Waals surface area contributed by atoms with Crippen molar-refractivity contribution in [1.29, 1.82) is 0 Å². The van der Waals surface area contributed by atoms with Gasteiger partial charge < -0.3 is 0 Å². The third-order valence-electron chi connectivity index (χ3n) is 9.68. The molecule has 0 aliphatic heterocycles. The van der Waals surface area contributed by atoms with E-state index in [0.717, 1.165) is 78.4 Å². The van der Waals surface area contributed by atoms with Crippen LogP contribution in [-0.2, 0) is 0 Å². The van der Waals surface area contributed by atoms with E-state index in [2.05, 4.69) is 170 Å². The smallest absolute Gasteiger partial charge is 0.160 e. The molecule has 9 rings (SSSR count). The number of pyridine rings is 1. The molecule has 254 valence electrons. The molecule has 9 aromatic rings. The Morgan fingerprint density at radius 2 is 0.500 bits per heavy atom. The Morgan fingerprint density at radius 1 is 0.185 bits per heavy atom. The quantitative estimate of drug-likeness (QED) is 0.159. The van der Waals surface area contributed by atoms with Gasteiger partial charge in [-0.1, -0.05) is 176 Å². The van der Waals surface area contributed by atoms with Gasteiger partial charge >= 0.3 is 0 Å². The summed E-state index contributed by atoms with van der Waals surface area (Å²) in [4.78, 5) is 15.2. The van der Waals surface area contributed by atoms with Crippen molar-refractivity contribution in [3.05, 3.63) is 212 Å². The van der Waals surface area contributed by atoms with E-state index in [1.807, 2.05) is 42.5 Å². The molecule has 3 heteroatoms. The third-order valence-corrected chi connectivity index (χ3v) is 9.68. The standard InChI is InChI=1S/C51H35N3/c1-5-16-36(17-6-1)46-33-47(37-18-7-2-8-19-37)52-48(34-46)44-28-14-26-42(31-44)40-24-13-25-41(30-40)43-27-15-29-45(32-43)50-35-49(38-20-9-3-10-21-38)53-51(54-50)39-22-11-4-12-23-39/h1-35H. The lowest BCUT2D eigenvalue weighted by Crippen LogP contribution is -1.96. The van der Waals surface area contributed by atoms with Gasteiger partial charge in [0.05, 0.1) is 22.8 Å². The molecule has 3 nitrogen and oxygen atoms in total. The first-order chi connectivity index (χ1) is 26.7. The number of hydrogen-bond acceptors (Lipinski definition) is 3.